The molecular formula is C12H14N4O2. The van der Waals surface area contributed by atoms with Crippen LogP contribution in [0.2, 0.25) is 0 Å². The van der Waals surface area contributed by atoms with Crippen molar-refractivity contribution in [2.45, 2.75) is 26.7 Å². The average molecular weight is 246 g/mol. The smallest absolute Gasteiger partial charge is 0.356 e. The lowest BCUT2D eigenvalue weighted by Gasteiger charge is -2.08. The number of carboxylic acids is 1. The third-order valence-corrected chi connectivity index (χ3v) is 2.50. The van der Waals surface area contributed by atoms with Crippen LogP contribution in [-0.4, -0.2) is 30.6 Å². The van der Waals surface area contributed by atoms with Crippen LogP contribution in [0.15, 0.2) is 18.6 Å². The number of carboxylic acid groups (broad SMARTS) is 1. The highest BCUT2D eigenvalue weighted by atomic mass is 16.4. The molecule has 2 rings (SSSR count). The van der Waals surface area contributed by atoms with Crippen LogP contribution < -0.4 is 0 Å². The predicted molar refractivity (Wildman–Crippen MR) is 64.9 cm³/mol. The van der Waals surface area contributed by atoms with Crippen molar-refractivity contribution in [3.8, 4) is 5.82 Å². The Morgan fingerprint density at radius 1 is 1.39 bits per heavy atom. The first-order valence-electron chi connectivity index (χ1n) is 5.60. The molecule has 0 saturated heterocycles. The minimum Gasteiger partial charge on any atom is -0.476 e. The van der Waals surface area contributed by atoms with E-state index in [9.17, 15) is 4.79 Å². The molecule has 1 N–H and O–H groups in total. The Kier molecular flexibility index (Phi) is 3.10. The van der Waals surface area contributed by atoms with Gasteiger partial charge in [0.2, 0.25) is 0 Å². The van der Waals surface area contributed by atoms with Crippen LogP contribution in [-0.2, 0) is 0 Å². The molecule has 6 heteroatoms. The van der Waals surface area contributed by atoms with Crippen molar-refractivity contribution in [1.82, 2.24) is 19.5 Å². The molecule has 6 nitrogen and oxygen atoms in total. The van der Waals surface area contributed by atoms with Crippen molar-refractivity contribution in [2.75, 3.05) is 0 Å². The molecule has 0 saturated carbocycles. The maximum atomic E-state index is 10.8. The summed E-state index contributed by atoms with van der Waals surface area (Å²) >= 11 is 0. The van der Waals surface area contributed by atoms with Crippen LogP contribution in [0.4, 0.5) is 0 Å². The number of aryl methyl sites for hydroxylation is 1. The lowest BCUT2D eigenvalue weighted by molar-refractivity contribution is 0.0691. The van der Waals surface area contributed by atoms with Crippen molar-refractivity contribution < 1.29 is 9.90 Å². The summed E-state index contributed by atoms with van der Waals surface area (Å²) in [6.07, 6.45) is 2.88. The third kappa shape index (κ3) is 2.37. The summed E-state index contributed by atoms with van der Waals surface area (Å²) < 4.78 is 1.59. The highest BCUT2D eigenvalue weighted by Gasteiger charge is 2.10. The molecule has 2 aromatic heterocycles. The molecule has 0 atom stereocenters. The minimum absolute atomic E-state index is 0.00244. The second-order valence-corrected chi connectivity index (χ2v) is 4.32. The van der Waals surface area contributed by atoms with E-state index in [1.165, 1.54) is 12.5 Å². The monoisotopic (exact) mass is 246 g/mol. The molecule has 0 radical (unpaired) electrons. The molecule has 0 spiro atoms. The molecule has 0 aromatic carbocycles. The van der Waals surface area contributed by atoms with E-state index in [0.717, 1.165) is 5.69 Å². The van der Waals surface area contributed by atoms with E-state index in [1.54, 1.807) is 4.57 Å². The standard InChI is InChI=1S/C12H14N4O2/c1-7(2)9-4-11(15-8(3)14-9)16-5-10(12(17)18)13-6-16/h4-7H,1-3H3,(H,17,18). The Balaban J connectivity index is 2.46. The van der Waals surface area contributed by atoms with Gasteiger partial charge in [0.25, 0.3) is 0 Å². The Bertz CT molecular complexity index is 590. The number of nitrogens with zero attached hydrogens (tertiary/aromatic N) is 4. The highest BCUT2D eigenvalue weighted by molar-refractivity contribution is 5.85. The van der Waals surface area contributed by atoms with Gasteiger partial charge < -0.3 is 5.11 Å². The number of hydrogen-bond donors (Lipinski definition) is 1. The number of rotatable bonds is 3. The highest BCUT2D eigenvalue weighted by Crippen LogP contribution is 2.15. The molecule has 0 aliphatic heterocycles. The van der Waals surface area contributed by atoms with E-state index in [2.05, 4.69) is 15.0 Å². The van der Waals surface area contributed by atoms with Crippen LogP contribution in [0.25, 0.3) is 5.82 Å². The lowest BCUT2D eigenvalue weighted by atomic mass is 10.1. The van der Waals surface area contributed by atoms with Crippen molar-refractivity contribution in [1.29, 1.82) is 0 Å². The van der Waals surface area contributed by atoms with Gasteiger partial charge in [-0.3, -0.25) is 4.57 Å². The Morgan fingerprint density at radius 3 is 2.67 bits per heavy atom. The zero-order valence-electron chi connectivity index (χ0n) is 10.5. The lowest BCUT2D eigenvalue weighted by Crippen LogP contribution is -2.03. The van der Waals surface area contributed by atoms with Crippen molar-refractivity contribution >= 4 is 5.97 Å². The minimum atomic E-state index is -1.05. The maximum absolute atomic E-state index is 10.8. The second-order valence-electron chi connectivity index (χ2n) is 4.32. The first kappa shape index (κ1) is 12.2. The molecular weight excluding hydrogens is 232 g/mol. The molecule has 0 unspecified atom stereocenters. The van der Waals surface area contributed by atoms with Crippen LogP contribution in [0, 0.1) is 6.92 Å². The second kappa shape index (κ2) is 4.56. The van der Waals surface area contributed by atoms with Gasteiger partial charge in [0.15, 0.2) is 5.69 Å². The largest absolute Gasteiger partial charge is 0.476 e. The van der Waals surface area contributed by atoms with Crippen LogP contribution in [0.3, 0.4) is 0 Å². The number of hydrogen-bond acceptors (Lipinski definition) is 4. The van der Waals surface area contributed by atoms with Gasteiger partial charge in [-0.25, -0.2) is 19.7 Å². The first-order valence-corrected chi connectivity index (χ1v) is 5.60. The fourth-order valence-electron chi connectivity index (χ4n) is 1.56. The fraction of sp³-hybridized carbons (Fsp3) is 0.333. The first-order chi connectivity index (χ1) is 8.47. The summed E-state index contributed by atoms with van der Waals surface area (Å²) in [5, 5.41) is 8.83. The predicted octanol–water partition coefficient (Wildman–Crippen LogP) is 1.79. The van der Waals surface area contributed by atoms with Gasteiger partial charge >= 0.3 is 5.97 Å². The Hall–Kier alpha value is -2.24. The van der Waals surface area contributed by atoms with Crippen LogP contribution in [0.1, 0.15) is 41.8 Å². The van der Waals surface area contributed by atoms with Gasteiger partial charge in [0.05, 0.1) is 0 Å². The SMILES string of the molecule is Cc1nc(C(C)C)cc(-n2cnc(C(=O)O)c2)n1. The third-order valence-electron chi connectivity index (χ3n) is 2.50. The van der Waals surface area contributed by atoms with Gasteiger partial charge in [-0.05, 0) is 12.8 Å². The average Bonchev–Trinajstić information content (AvgIpc) is 2.77. The molecule has 2 heterocycles. The zero-order valence-corrected chi connectivity index (χ0v) is 10.5. The molecule has 2 aromatic rings. The summed E-state index contributed by atoms with van der Waals surface area (Å²) in [5.74, 6) is 0.518. The Labute approximate surface area is 104 Å². The fourth-order valence-corrected chi connectivity index (χ4v) is 1.56. The van der Waals surface area contributed by atoms with Gasteiger partial charge in [-0.15, -0.1) is 0 Å². The molecule has 0 aliphatic rings. The summed E-state index contributed by atoms with van der Waals surface area (Å²) in [6.45, 7) is 5.90. The van der Waals surface area contributed by atoms with E-state index in [-0.39, 0.29) is 11.6 Å². The normalized spacial score (nSPS) is 10.9. The van der Waals surface area contributed by atoms with E-state index < -0.39 is 5.97 Å². The molecule has 0 amide bonds. The maximum Gasteiger partial charge on any atom is 0.356 e. The van der Waals surface area contributed by atoms with E-state index in [4.69, 9.17) is 5.11 Å². The van der Waals surface area contributed by atoms with Crippen LogP contribution >= 0.6 is 0 Å². The van der Waals surface area contributed by atoms with Gasteiger partial charge in [0.1, 0.15) is 18.0 Å². The summed E-state index contributed by atoms with van der Waals surface area (Å²) in [5.41, 5.74) is 0.917. The van der Waals surface area contributed by atoms with Gasteiger partial charge in [0, 0.05) is 18.0 Å². The molecule has 94 valence electrons. The molecule has 0 fully saturated rings. The van der Waals surface area contributed by atoms with Crippen LogP contribution in [0.5, 0.6) is 0 Å². The summed E-state index contributed by atoms with van der Waals surface area (Å²) in [4.78, 5) is 23.2. The van der Waals surface area contributed by atoms with Crippen molar-refractivity contribution in [2.24, 2.45) is 0 Å². The Morgan fingerprint density at radius 2 is 2.11 bits per heavy atom. The quantitative estimate of drug-likeness (QED) is 0.892. The van der Waals surface area contributed by atoms with E-state index in [0.29, 0.717) is 11.6 Å². The summed E-state index contributed by atoms with van der Waals surface area (Å²) in [7, 11) is 0. The van der Waals surface area contributed by atoms with Crippen molar-refractivity contribution in [3.63, 3.8) is 0 Å². The number of aromatic nitrogens is 4. The van der Waals surface area contributed by atoms with Crippen molar-refractivity contribution in [3.05, 3.63) is 35.8 Å². The van der Waals surface area contributed by atoms with E-state index >= 15 is 0 Å². The zero-order chi connectivity index (χ0) is 13.3. The molecule has 18 heavy (non-hydrogen) atoms. The number of carbonyl (C=O) groups is 1. The number of imidazole rings is 1. The molecule has 0 aliphatic carbocycles. The summed E-state index contributed by atoms with van der Waals surface area (Å²) in [6, 6.07) is 1.84. The number of aromatic carboxylic acids is 1. The van der Waals surface area contributed by atoms with Gasteiger partial charge in [-0.1, -0.05) is 13.8 Å². The van der Waals surface area contributed by atoms with Gasteiger partial charge in [-0.2, -0.15) is 0 Å². The topological polar surface area (TPSA) is 80.9 Å². The van der Waals surface area contributed by atoms with E-state index in [1.807, 2.05) is 26.8 Å². The molecule has 0 bridgehead atoms.